The third kappa shape index (κ3) is 4.59. The number of rotatable bonds is 3. The number of pyridine rings is 1. The summed E-state index contributed by atoms with van der Waals surface area (Å²) in [6, 6.07) is 5.47. The summed E-state index contributed by atoms with van der Waals surface area (Å²) in [5.74, 6) is 1.22. The molecule has 1 N–H and O–H groups in total. The van der Waals surface area contributed by atoms with Crippen molar-refractivity contribution in [3.05, 3.63) is 36.2 Å². The second-order valence-electron chi connectivity index (χ2n) is 11.7. The molecule has 6 rings (SSSR count). The molecule has 0 atom stereocenters. The number of hydrogen-bond acceptors (Lipinski definition) is 7. The summed E-state index contributed by atoms with van der Waals surface area (Å²) in [7, 11) is 3.44. The maximum absolute atomic E-state index is 13.4. The van der Waals surface area contributed by atoms with E-state index in [0.29, 0.717) is 43.3 Å². The van der Waals surface area contributed by atoms with Crippen LogP contribution in [-0.4, -0.2) is 76.2 Å². The molecule has 4 heterocycles. The second kappa shape index (κ2) is 9.03. The number of urea groups is 1. The molecule has 1 aromatic carbocycles. The molecule has 1 saturated carbocycles. The van der Waals surface area contributed by atoms with Gasteiger partial charge in [0.2, 0.25) is 0 Å². The maximum Gasteiger partial charge on any atom is 0.410 e. The van der Waals surface area contributed by atoms with Crippen molar-refractivity contribution in [2.75, 3.05) is 48.4 Å². The first-order chi connectivity index (χ1) is 18.6. The number of benzene rings is 1. The molecule has 0 bridgehead atoms. The number of anilines is 3. The minimum atomic E-state index is -0.520. The molecule has 0 unspecified atom stereocenters. The molecule has 3 amide bonds. The van der Waals surface area contributed by atoms with Crippen molar-refractivity contribution in [3.63, 3.8) is 0 Å². The first kappa shape index (κ1) is 25.3. The van der Waals surface area contributed by atoms with E-state index >= 15 is 0 Å². The lowest BCUT2D eigenvalue weighted by Gasteiger charge is -2.43. The van der Waals surface area contributed by atoms with Gasteiger partial charge < -0.3 is 19.7 Å². The van der Waals surface area contributed by atoms with Crippen LogP contribution in [0, 0.1) is 0 Å². The summed E-state index contributed by atoms with van der Waals surface area (Å²) in [6.07, 6.45) is 6.08. The molecule has 11 heteroatoms. The highest BCUT2D eigenvalue weighted by molar-refractivity contribution is 6.05. The van der Waals surface area contributed by atoms with Crippen LogP contribution in [0.4, 0.5) is 26.8 Å². The fourth-order valence-corrected chi connectivity index (χ4v) is 5.75. The van der Waals surface area contributed by atoms with Gasteiger partial charge in [-0.1, -0.05) is 0 Å². The van der Waals surface area contributed by atoms with E-state index in [-0.39, 0.29) is 17.7 Å². The van der Waals surface area contributed by atoms with E-state index in [1.807, 2.05) is 57.1 Å². The Morgan fingerprint density at radius 1 is 1.13 bits per heavy atom. The number of methoxy groups -OCH3 is 1. The predicted molar refractivity (Wildman–Crippen MR) is 149 cm³/mol. The number of aromatic nitrogens is 3. The van der Waals surface area contributed by atoms with E-state index in [2.05, 4.69) is 20.3 Å². The molecule has 3 aliphatic rings. The second-order valence-corrected chi connectivity index (χ2v) is 11.7. The van der Waals surface area contributed by atoms with Crippen molar-refractivity contribution < 1.29 is 19.1 Å². The van der Waals surface area contributed by atoms with Gasteiger partial charge in [0.25, 0.3) is 0 Å². The number of hydrogen-bond donors (Lipinski definition) is 1. The molecule has 206 valence electrons. The van der Waals surface area contributed by atoms with Gasteiger partial charge in [0.05, 0.1) is 23.9 Å². The summed E-state index contributed by atoms with van der Waals surface area (Å²) >= 11 is 0. The number of aryl methyl sites for hydroxylation is 1. The molecule has 3 aromatic rings. The summed E-state index contributed by atoms with van der Waals surface area (Å²) in [6.45, 7) is 8.28. The fourth-order valence-electron chi connectivity index (χ4n) is 5.75. The minimum absolute atomic E-state index is 0.187. The van der Waals surface area contributed by atoms with Crippen LogP contribution in [0.1, 0.15) is 39.2 Å². The Morgan fingerprint density at radius 2 is 1.92 bits per heavy atom. The lowest BCUT2D eigenvalue weighted by molar-refractivity contribution is 0.0106. The zero-order valence-electron chi connectivity index (χ0n) is 23.2. The van der Waals surface area contributed by atoms with E-state index in [1.165, 1.54) is 0 Å². The van der Waals surface area contributed by atoms with E-state index in [1.54, 1.807) is 22.9 Å². The molecular formula is C28H35N7O4. The van der Waals surface area contributed by atoms with Crippen molar-refractivity contribution >= 4 is 40.2 Å². The van der Waals surface area contributed by atoms with Crippen LogP contribution in [0.3, 0.4) is 0 Å². The Balaban J connectivity index is 1.20. The zero-order valence-corrected chi connectivity index (χ0v) is 23.2. The minimum Gasteiger partial charge on any atom is -0.494 e. The molecule has 0 radical (unpaired) electrons. The molecule has 11 nitrogen and oxygen atoms in total. The highest BCUT2D eigenvalue weighted by atomic mass is 16.6. The van der Waals surface area contributed by atoms with Crippen LogP contribution in [0.5, 0.6) is 5.75 Å². The van der Waals surface area contributed by atoms with Gasteiger partial charge in [-0.15, -0.1) is 0 Å². The molecule has 2 aliphatic heterocycles. The predicted octanol–water partition coefficient (Wildman–Crippen LogP) is 4.16. The normalized spacial score (nSPS) is 17.9. The Morgan fingerprint density at radius 3 is 2.64 bits per heavy atom. The summed E-state index contributed by atoms with van der Waals surface area (Å²) in [4.78, 5) is 36.9. The van der Waals surface area contributed by atoms with Crippen molar-refractivity contribution in [3.8, 4) is 5.75 Å². The smallest absolute Gasteiger partial charge is 0.410 e. The lowest BCUT2D eigenvalue weighted by atomic mass is 10.1. The standard InChI is InChI=1S/C28H35N7O4/c1-27(2,3)39-26(37)35-13-12-33(17-28(35)8-9-28)22-6-10-29-24-19(22)7-11-34(24)25(36)30-21-14-18-16-32(4)31-20(18)15-23(21)38-5/h6,10,14-16H,7-9,11-13,17H2,1-5H3,(H,30,36). The highest BCUT2D eigenvalue weighted by Gasteiger charge is 2.54. The summed E-state index contributed by atoms with van der Waals surface area (Å²) in [5.41, 5.74) is 2.82. The number of fused-ring (bicyclic) bond motifs is 2. The van der Waals surface area contributed by atoms with E-state index < -0.39 is 5.60 Å². The molecule has 1 spiro atoms. The summed E-state index contributed by atoms with van der Waals surface area (Å²) in [5, 5.41) is 8.35. The first-order valence-electron chi connectivity index (χ1n) is 13.4. The van der Waals surface area contributed by atoms with Gasteiger partial charge in [0.15, 0.2) is 0 Å². The van der Waals surface area contributed by atoms with E-state index in [9.17, 15) is 9.59 Å². The van der Waals surface area contributed by atoms with Crippen LogP contribution in [-0.2, 0) is 18.2 Å². The number of nitrogens with one attached hydrogen (secondary N) is 1. The maximum atomic E-state index is 13.4. The highest BCUT2D eigenvalue weighted by Crippen LogP contribution is 2.47. The van der Waals surface area contributed by atoms with Crippen molar-refractivity contribution in [2.24, 2.45) is 7.05 Å². The first-order valence-corrected chi connectivity index (χ1v) is 13.4. The molecule has 39 heavy (non-hydrogen) atoms. The lowest BCUT2D eigenvalue weighted by Crippen LogP contribution is -2.58. The number of amides is 3. The molecule has 2 aromatic heterocycles. The fraction of sp³-hybridized carbons (Fsp3) is 0.500. The third-order valence-electron chi connectivity index (χ3n) is 7.71. The van der Waals surface area contributed by atoms with Crippen molar-refractivity contribution in [1.82, 2.24) is 19.7 Å². The van der Waals surface area contributed by atoms with Gasteiger partial charge in [0, 0.05) is 68.3 Å². The molecule has 1 aliphatic carbocycles. The number of carbonyl (C=O) groups is 2. The molecule has 1 saturated heterocycles. The van der Waals surface area contributed by atoms with E-state index in [4.69, 9.17) is 9.47 Å². The largest absolute Gasteiger partial charge is 0.494 e. The topological polar surface area (TPSA) is 105 Å². The monoisotopic (exact) mass is 533 g/mol. The van der Waals surface area contributed by atoms with Crippen molar-refractivity contribution in [1.29, 1.82) is 0 Å². The Bertz CT molecular complexity index is 1460. The van der Waals surface area contributed by atoms with Crippen LogP contribution < -0.4 is 19.9 Å². The quantitative estimate of drug-likeness (QED) is 0.539. The van der Waals surface area contributed by atoms with Crippen LogP contribution in [0.2, 0.25) is 0 Å². The molecular weight excluding hydrogens is 498 g/mol. The Labute approximate surface area is 227 Å². The van der Waals surface area contributed by atoms with Gasteiger partial charge in [-0.25, -0.2) is 14.6 Å². The zero-order chi connectivity index (χ0) is 27.5. The van der Waals surface area contributed by atoms with Gasteiger partial charge >= 0.3 is 12.1 Å². The molecule has 2 fully saturated rings. The SMILES string of the molecule is COc1cc2nn(C)cc2cc1NC(=O)N1CCc2c(N3CCN(C(=O)OC(C)(C)C)C4(CC4)C3)ccnc21. The average molecular weight is 534 g/mol. The third-order valence-corrected chi connectivity index (χ3v) is 7.71. The van der Waals surface area contributed by atoms with Gasteiger partial charge in [-0.2, -0.15) is 5.10 Å². The van der Waals surface area contributed by atoms with Gasteiger partial charge in [-0.3, -0.25) is 14.5 Å². The number of ether oxygens (including phenoxy) is 2. The number of nitrogens with zero attached hydrogens (tertiary/aromatic N) is 6. The van der Waals surface area contributed by atoms with Crippen LogP contribution >= 0.6 is 0 Å². The Hall–Kier alpha value is -4.02. The van der Waals surface area contributed by atoms with Gasteiger partial charge in [0.1, 0.15) is 17.2 Å². The van der Waals surface area contributed by atoms with Gasteiger partial charge in [-0.05, 0) is 52.2 Å². The van der Waals surface area contributed by atoms with Crippen LogP contribution in [0.25, 0.3) is 10.9 Å². The average Bonchev–Trinajstić information content (AvgIpc) is 3.31. The number of piperazine rings is 1. The number of carbonyl (C=O) groups excluding carboxylic acids is 2. The van der Waals surface area contributed by atoms with E-state index in [0.717, 1.165) is 41.5 Å². The van der Waals surface area contributed by atoms with Crippen LogP contribution in [0.15, 0.2) is 30.6 Å². The Kier molecular flexibility index (Phi) is 5.85. The summed E-state index contributed by atoms with van der Waals surface area (Å²) < 4.78 is 13.0. The van der Waals surface area contributed by atoms with Crippen molar-refractivity contribution in [2.45, 2.75) is 51.2 Å².